The summed E-state index contributed by atoms with van der Waals surface area (Å²) < 4.78 is 4.28. The highest BCUT2D eigenvalue weighted by Gasteiger charge is 2.39. The van der Waals surface area contributed by atoms with Gasteiger partial charge in [-0.05, 0) is 43.9 Å². The Kier molecular flexibility index (Phi) is 4.52. The smallest absolute Gasteiger partial charge is 0.266 e. The molecule has 2 aromatic heterocycles. The van der Waals surface area contributed by atoms with Crippen LogP contribution in [0.1, 0.15) is 24.1 Å². The SMILES string of the molecule is Cn1cc(C2=CC(=O)N(c3c4n(c5ccccc35)CCC(CCN)C4)C2=O)c2ccccc21. The van der Waals surface area contributed by atoms with Gasteiger partial charge >= 0.3 is 0 Å². The van der Waals surface area contributed by atoms with Crippen LogP contribution in [0.5, 0.6) is 0 Å². The van der Waals surface area contributed by atoms with Gasteiger partial charge in [-0.3, -0.25) is 9.59 Å². The molecule has 0 saturated carbocycles. The molecule has 0 radical (unpaired) electrons. The van der Waals surface area contributed by atoms with Crippen LogP contribution in [-0.4, -0.2) is 27.5 Å². The highest BCUT2D eigenvalue weighted by Crippen LogP contribution is 2.42. The van der Waals surface area contributed by atoms with Gasteiger partial charge in [0.1, 0.15) is 0 Å². The predicted molar refractivity (Wildman–Crippen MR) is 131 cm³/mol. The molecule has 33 heavy (non-hydrogen) atoms. The number of amides is 2. The number of aromatic nitrogens is 2. The number of aryl methyl sites for hydroxylation is 2. The molecule has 1 unspecified atom stereocenters. The molecule has 6 heteroatoms. The van der Waals surface area contributed by atoms with Crippen molar-refractivity contribution in [1.82, 2.24) is 9.13 Å². The number of nitrogens with two attached hydrogens (primary N) is 1. The van der Waals surface area contributed by atoms with Gasteiger partial charge in [-0.25, -0.2) is 4.90 Å². The molecular weight excluding hydrogens is 412 g/mol. The van der Waals surface area contributed by atoms with E-state index in [9.17, 15) is 9.59 Å². The van der Waals surface area contributed by atoms with Crippen molar-refractivity contribution in [3.63, 3.8) is 0 Å². The lowest BCUT2D eigenvalue weighted by Crippen LogP contribution is -2.32. The Morgan fingerprint density at radius 1 is 1.00 bits per heavy atom. The van der Waals surface area contributed by atoms with E-state index in [1.165, 1.54) is 11.0 Å². The Bertz CT molecular complexity index is 1470. The van der Waals surface area contributed by atoms with Gasteiger partial charge in [0.15, 0.2) is 0 Å². The molecule has 4 heterocycles. The quantitative estimate of drug-likeness (QED) is 0.490. The Labute approximate surface area is 191 Å². The summed E-state index contributed by atoms with van der Waals surface area (Å²) in [7, 11) is 1.96. The number of fused-ring (bicyclic) bond motifs is 4. The van der Waals surface area contributed by atoms with Gasteiger partial charge in [-0.15, -0.1) is 0 Å². The summed E-state index contributed by atoms with van der Waals surface area (Å²) in [6.45, 7) is 1.52. The molecule has 0 saturated heterocycles. The molecule has 0 bridgehead atoms. The summed E-state index contributed by atoms with van der Waals surface area (Å²) in [5.41, 5.74) is 11.0. The largest absolute Gasteiger partial charge is 0.350 e. The predicted octanol–water partition coefficient (Wildman–Crippen LogP) is 4.00. The first kappa shape index (κ1) is 20.0. The van der Waals surface area contributed by atoms with E-state index < -0.39 is 0 Å². The van der Waals surface area contributed by atoms with Gasteiger partial charge in [-0.2, -0.15) is 0 Å². The van der Waals surface area contributed by atoms with Crippen LogP contribution < -0.4 is 10.6 Å². The van der Waals surface area contributed by atoms with Crippen molar-refractivity contribution in [1.29, 1.82) is 0 Å². The van der Waals surface area contributed by atoms with Crippen molar-refractivity contribution in [2.75, 3.05) is 11.4 Å². The first-order chi connectivity index (χ1) is 16.1. The minimum absolute atomic E-state index is 0.253. The monoisotopic (exact) mass is 438 g/mol. The summed E-state index contributed by atoms with van der Waals surface area (Å²) in [6.07, 6.45) is 6.27. The van der Waals surface area contributed by atoms with Crippen LogP contribution in [0, 0.1) is 5.92 Å². The number of hydrogen-bond acceptors (Lipinski definition) is 3. The van der Waals surface area contributed by atoms with Crippen molar-refractivity contribution < 1.29 is 9.59 Å². The average molecular weight is 439 g/mol. The Morgan fingerprint density at radius 2 is 1.73 bits per heavy atom. The summed E-state index contributed by atoms with van der Waals surface area (Å²) in [5, 5.41) is 1.93. The van der Waals surface area contributed by atoms with Crippen LogP contribution in [-0.2, 0) is 29.6 Å². The molecule has 0 aliphatic carbocycles. The summed E-state index contributed by atoms with van der Waals surface area (Å²) >= 11 is 0. The number of carbonyl (C=O) groups is 2. The zero-order chi connectivity index (χ0) is 22.7. The van der Waals surface area contributed by atoms with E-state index in [-0.39, 0.29) is 11.8 Å². The first-order valence-electron chi connectivity index (χ1n) is 11.5. The number of hydrogen-bond donors (Lipinski definition) is 1. The van der Waals surface area contributed by atoms with Crippen molar-refractivity contribution >= 4 is 44.9 Å². The number of nitrogens with zero attached hydrogens (tertiary/aromatic N) is 3. The van der Waals surface area contributed by atoms with Gasteiger partial charge in [0, 0.05) is 53.4 Å². The summed E-state index contributed by atoms with van der Waals surface area (Å²) in [5.74, 6) is -0.0663. The molecule has 6 nitrogen and oxygen atoms in total. The fraction of sp³-hybridized carbons (Fsp3) is 0.259. The molecular formula is C27H26N4O2. The van der Waals surface area contributed by atoms with E-state index >= 15 is 0 Å². The van der Waals surface area contributed by atoms with E-state index in [1.54, 1.807) is 0 Å². The molecule has 4 aromatic rings. The molecule has 2 aliphatic heterocycles. The average Bonchev–Trinajstić information content (AvgIpc) is 3.43. The third-order valence-corrected chi connectivity index (χ3v) is 7.20. The summed E-state index contributed by atoms with van der Waals surface area (Å²) in [4.78, 5) is 28.5. The lowest BCUT2D eigenvalue weighted by atomic mass is 9.92. The van der Waals surface area contributed by atoms with Crippen molar-refractivity contribution in [3.8, 4) is 0 Å². The molecule has 0 spiro atoms. The highest BCUT2D eigenvalue weighted by atomic mass is 16.2. The second kappa shape index (κ2) is 7.46. The number of anilines is 1. The van der Waals surface area contributed by atoms with Gasteiger partial charge < -0.3 is 14.9 Å². The maximum Gasteiger partial charge on any atom is 0.266 e. The van der Waals surface area contributed by atoms with Crippen LogP contribution in [0.2, 0.25) is 0 Å². The molecule has 2 aliphatic rings. The zero-order valence-corrected chi connectivity index (χ0v) is 18.6. The normalized spacial score (nSPS) is 18.4. The second-order valence-corrected chi connectivity index (χ2v) is 9.11. The maximum atomic E-state index is 13.8. The Balaban J connectivity index is 1.49. The fourth-order valence-electron chi connectivity index (χ4n) is 5.65. The number of benzene rings is 2. The number of carbonyl (C=O) groups excluding carboxylic acids is 2. The minimum Gasteiger partial charge on any atom is -0.350 e. The third-order valence-electron chi connectivity index (χ3n) is 7.20. The topological polar surface area (TPSA) is 73.3 Å². The van der Waals surface area contributed by atoms with Crippen LogP contribution in [0.4, 0.5) is 5.69 Å². The summed E-state index contributed by atoms with van der Waals surface area (Å²) in [6, 6.07) is 16.0. The fourth-order valence-corrected chi connectivity index (χ4v) is 5.65. The van der Waals surface area contributed by atoms with Gasteiger partial charge in [0.25, 0.3) is 11.8 Å². The first-order valence-corrected chi connectivity index (χ1v) is 11.5. The van der Waals surface area contributed by atoms with Crippen molar-refractivity contribution in [2.24, 2.45) is 18.7 Å². The van der Waals surface area contributed by atoms with Gasteiger partial charge in [-0.1, -0.05) is 36.4 Å². The standard InChI is InChI=1S/C27H26N4O2/c1-29-16-21(18-6-2-4-8-22(18)29)20-15-25(32)31(27(20)33)26-19-7-3-5-9-23(19)30-13-11-17(10-12-28)14-24(26)30/h2-9,15-17H,10-14,28H2,1H3. The van der Waals surface area contributed by atoms with Crippen LogP contribution in [0.25, 0.3) is 27.4 Å². The molecule has 2 amide bonds. The highest BCUT2D eigenvalue weighted by molar-refractivity contribution is 6.45. The number of para-hydroxylation sites is 2. The van der Waals surface area contributed by atoms with E-state index in [0.29, 0.717) is 18.0 Å². The zero-order valence-electron chi connectivity index (χ0n) is 18.6. The van der Waals surface area contributed by atoms with E-state index in [0.717, 1.165) is 64.6 Å². The molecule has 2 N–H and O–H groups in total. The Morgan fingerprint density at radius 3 is 2.52 bits per heavy atom. The van der Waals surface area contributed by atoms with E-state index in [1.807, 2.05) is 60.3 Å². The van der Waals surface area contributed by atoms with Crippen molar-refractivity contribution in [3.05, 3.63) is 72.1 Å². The molecule has 6 rings (SSSR count). The van der Waals surface area contributed by atoms with Gasteiger partial charge in [0.05, 0.1) is 16.8 Å². The lowest BCUT2D eigenvalue weighted by molar-refractivity contribution is -0.119. The third kappa shape index (κ3) is 2.91. The maximum absolute atomic E-state index is 13.8. The van der Waals surface area contributed by atoms with Crippen LogP contribution in [0.3, 0.4) is 0 Å². The van der Waals surface area contributed by atoms with E-state index in [4.69, 9.17) is 5.73 Å². The van der Waals surface area contributed by atoms with Crippen LogP contribution in [0.15, 0.2) is 60.8 Å². The Hall–Kier alpha value is -3.64. The number of imide groups is 1. The lowest BCUT2D eigenvalue weighted by Gasteiger charge is -2.27. The number of rotatable bonds is 4. The molecule has 1 atom stereocenters. The molecule has 0 fully saturated rings. The van der Waals surface area contributed by atoms with Crippen LogP contribution >= 0.6 is 0 Å². The minimum atomic E-state index is -0.275. The van der Waals surface area contributed by atoms with Gasteiger partial charge in [0.2, 0.25) is 0 Å². The second-order valence-electron chi connectivity index (χ2n) is 9.11. The van der Waals surface area contributed by atoms with Crippen molar-refractivity contribution in [2.45, 2.75) is 25.8 Å². The molecule has 2 aromatic carbocycles. The molecule has 166 valence electrons. The van der Waals surface area contributed by atoms with E-state index in [2.05, 4.69) is 10.6 Å².